The predicted octanol–water partition coefficient (Wildman–Crippen LogP) is -0.104. The van der Waals surface area contributed by atoms with Crippen LogP contribution in [0.15, 0.2) is 30.3 Å². The fourth-order valence-electron chi connectivity index (χ4n) is 2.09. The first-order valence-electron chi connectivity index (χ1n) is 5.94. The molecule has 1 aliphatic rings. The number of nitrogens with one attached hydrogen (secondary N) is 1. The molecule has 1 aromatic carbocycles. The summed E-state index contributed by atoms with van der Waals surface area (Å²) in [6.07, 6.45) is 0.268. The molecule has 96 valence electrons. The molecule has 5 nitrogen and oxygen atoms in total. The maximum absolute atomic E-state index is 11.9. The van der Waals surface area contributed by atoms with Gasteiger partial charge < -0.3 is 15.3 Å². The highest BCUT2D eigenvalue weighted by molar-refractivity contribution is 5.94. The van der Waals surface area contributed by atoms with Crippen molar-refractivity contribution in [2.75, 3.05) is 13.2 Å². The molecule has 18 heavy (non-hydrogen) atoms. The topological polar surface area (TPSA) is 69.6 Å². The summed E-state index contributed by atoms with van der Waals surface area (Å²) in [7, 11) is 0. The van der Waals surface area contributed by atoms with Crippen molar-refractivity contribution in [2.24, 2.45) is 0 Å². The quantitative estimate of drug-likeness (QED) is 0.781. The molecule has 1 unspecified atom stereocenters. The monoisotopic (exact) mass is 248 g/mol. The number of piperazine rings is 1. The van der Waals surface area contributed by atoms with Gasteiger partial charge in [0.05, 0.1) is 6.54 Å². The standard InChI is InChI=1S/C13H16N2O3/c16-7-6-11-13(18)14-8-12(17)15(11)9-10-4-2-1-3-5-10/h1-5,11,16H,6-9H2,(H,14,18). The molecule has 1 heterocycles. The van der Waals surface area contributed by atoms with Gasteiger partial charge in [0.2, 0.25) is 11.8 Å². The van der Waals surface area contributed by atoms with E-state index < -0.39 is 6.04 Å². The molecule has 1 fully saturated rings. The van der Waals surface area contributed by atoms with E-state index in [1.54, 1.807) is 0 Å². The fraction of sp³-hybridized carbons (Fsp3) is 0.385. The van der Waals surface area contributed by atoms with Crippen molar-refractivity contribution in [1.82, 2.24) is 10.2 Å². The Bertz CT molecular complexity index is 433. The molecule has 2 N–H and O–H groups in total. The number of rotatable bonds is 4. The predicted molar refractivity (Wildman–Crippen MR) is 65.5 cm³/mol. The summed E-state index contributed by atoms with van der Waals surface area (Å²) >= 11 is 0. The van der Waals surface area contributed by atoms with Crippen LogP contribution in [0.25, 0.3) is 0 Å². The minimum atomic E-state index is -0.573. The van der Waals surface area contributed by atoms with Gasteiger partial charge in [-0.25, -0.2) is 0 Å². The maximum Gasteiger partial charge on any atom is 0.243 e. The molecule has 0 saturated carbocycles. The Morgan fingerprint density at radius 3 is 2.67 bits per heavy atom. The Morgan fingerprint density at radius 2 is 2.00 bits per heavy atom. The van der Waals surface area contributed by atoms with Gasteiger partial charge in [-0.1, -0.05) is 30.3 Å². The summed E-state index contributed by atoms with van der Waals surface area (Å²) in [5.41, 5.74) is 0.975. The minimum Gasteiger partial charge on any atom is -0.396 e. The zero-order chi connectivity index (χ0) is 13.0. The molecule has 2 amide bonds. The van der Waals surface area contributed by atoms with Gasteiger partial charge in [0.1, 0.15) is 6.04 Å². The molecule has 2 rings (SSSR count). The highest BCUT2D eigenvalue weighted by atomic mass is 16.3. The molecule has 0 aliphatic carbocycles. The average Bonchev–Trinajstić information content (AvgIpc) is 2.39. The van der Waals surface area contributed by atoms with Gasteiger partial charge in [0, 0.05) is 13.2 Å². The third-order valence-electron chi connectivity index (χ3n) is 3.01. The van der Waals surface area contributed by atoms with Crippen molar-refractivity contribution < 1.29 is 14.7 Å². The molecule has 5 heteroatoms. The first kappa shape index (κ1) is 12.6. The molecule has 1 aliphatic heterocycles. The summed E-state index contributed by atoms with van der Waals surface area (Å²) in [5.74, 6) is -0.309. The van der Waals surface area contributed by atoms with E-state index in [4.69, 9.17) is 5.11 Å². The summed E-state index contributed by atoms with van der Waals surface area (Å²) in [6.45, 7) is 0.321. The van der Waals surface area contributed by atoms with Crippen molar-refractivity contribution in [3.8, 4) is 0 Å². The van der Waals surface area contributed by atoms with Crippen LogP contribution in [0.5, 0.6) is 0 Å². The Labute approximate surface area is 105 Å². The number of carbonyl (C=O) groups is 2. The van der Waals surface area contributed by atoms with E-state index >= 15 is 0 Å². The van der Waals surface area contributed by atoms with Gasteiger partial charge in [-0.15, -0.1) is 0 Å². The summed E-state index contributed by atoms with van der Waals surface area (Å²) < 4.78 is 0. The normalized spacial score (nSPS) is 19.8. The van der Waals surface area contributed by atoms with E-state index in [0.29, 0.717) is 6.54 Å². The highest BCUT2D eigenvalue weighted by Gasteiger charge is 2.33. The second kappa shape index (κ2) is 5.64. The summed E-state index contributed by atoms with van der Waals surface area (Å²) in [5, 5.41) is 11.5. The Balaban J connectivity index is 2.15. The van der Waals surface area contributed by atoms with Crippen molar-refractivity contribution in [3.63, 3.8) is 0 Å². The number of hydrogen-bond donors (Lipinski definition) is 2. The van der Waals surface area contributed by atoms with Gasteiger partial charge in [-0.3, -0.25) is 9.59 Å². The maximum atomic E-state index is 11.9. The smallest absolute Gasteiger partial charge is 0.243 e. The van der Waals surface area contributed by atoms with E-state index in [0.717, 1.165) is 5.56 Å². The summed E-state index contributed by atoms with van der Waals surface area (Å²) in [4.78, 5) is 25.1. The molecule has 0 bridgehead atoms. The number of benzene rings is 1. The Morgan fingerprint density at radius 1 is 1.28 bits per heavy atom. The van der Waals surface area contributed by atoms with Gasteiger partial charge in [-0.05, 0) is 12.0 Å². The second-order valence-corrected chi connectivity index (χ2v) is 4.25. The zero-order valence-electron chi connectivity index (χ0n) is 10.0. The molecular weight excluding hydrogens is 232 g/mol. The number of aliphatic hydroxyl groups excluding tert-OH is 1. The largest absolute Gasteiger partial charge is 0.396 e. The summed E-state index contributed by atoms with van der Waals surface area (Å²) in [6, 6.07) is 8.94. The van der Waals surface area contributed by atoms with Crippen molar-refractivity contribution in [2.45, 2.75) is 19.0 Å². The van der Waals surface area contributed by atoms with E-state index in [1.807, 2.05) is 30.3 Å². The number of aliphatic hydroxyl groups is 1. The minimum absolute atomic E-state index is 0.0353. The molecule has 1 atom stereocenters. The Hall–Kier alpha value is -1.88. The van der Waals surface area contributed by atoms with E-state index in [2.05, 4.69) is 5.32 Å². The zero-order valence-corrected chi connectivity index (χ0v) is 10.0. The van der Waals surface area contributed by atoms with Crippen molar-refractivity contribution in [3.05, 3.63) is 35.9 Å². The highest BCUT2D eigenvalue weighted by Crippen LogP contribution is 2.14. The molecule has 1 aromatic rings. The third kappa shape index (κ3) is 2.68. The fourth-order valence-corrected chi connectivity index (χ4v) is 2.09. The van der Waals surface area contributed by atoms with E-state index in [1.165, 1.54) is 4.90 Å². The van der Waals surface area contributed by atoms with Crippen LogP contribution >= 0.6 is 0 Å². The number of hydrogen-bond acceptors (Lipinski definition) is 3. The van der Waals surface area contributed by atoms with E-state index in [-0.39, 0.29) is 31.4 Å². The lowest BCUT2D eigenvalue weighted by Crippen LogP contribution is -2.58. The Kier molecular flexibility index (Phi) is 3.94. The molecule has 0 spiro atoms. The first-order valence-corrected chi connectivity index (χ1v) is 5.94. The average molecular weight is 248 g/mol. The second-order valence-electron chi connectivity index (χ2n) is 4.25. The van der Waals surface area contributed by atoms with Crippen molar-refractivity contribution in [1.29, 1.82) is 0 Å². The lowest BCUT2D eigenvalue weighted by Gasteiger charge is -2.34. The SMILES string of the molecule is O=C1NCC(=O)N(Cc2ccccc2)C1CCO. The van der Waals surface area contributed by atoms with Crippen LogP contribution in [0.1, 0.15) is 12.0 Å². The van der Waals surface area contributed by atoms with E-state index in [9.17, 15) is 9.59 Å². The van der Waals surface area contributed by atoms with Crippen LogP contribution in [0, 0.1) is 0 Å². The molecule has 1 saturated heterocycles. The van der Waals surface area contributed by atoms with Gasteiger partial charge >= 0.3 is 0 Å². The van der Waals surface area contributed by atoms with Crippen LogP contribution in [0.3, 0.4) is 0 Å². The van der Waals surface area contributed by atoms with Crippen LogP contribution in [-0.4, -0.2) is 41.0 Å². The van der Waals surface area contributed by atoms with Gasteiger partial charge in [0.25, 0.3) is 0 Å². The molecule has 0 radical (unpaired) electrons. The lowest BCUT2D eigenvalue weighted by molar-refractivity contribution is -0.146. The van der Waals surface area contributed by atoms with Crippen molar-refractivity contribution >= 4 is 11.8 Å². The molecule has 0 aromatic heterocycles. The van der Waals surface area contributed by atoms with Gasteiger partial charge in [-0.2, -0.15) is 0 Å². The van der Waals surface area contributed by atoms with Crippen LogP contribution < -0.4 is 5.32 Å². The van der Waals surface area contributed by atoms with Crippen LogP contribution in [0.2, 0.25) is 0 Å². The number of amides is 2. The number of carbonyl (C=O) groups excluding carboxylic acids is 2. The third-order valence-corrected chi connectivity index (χ3v) is 3.01. The number of nitrogens with zero attached hydrogens (tertiary/aromatic N) is 1. The lowest BCUT2D eigenvalue weighted by atomic mass is 10.1. The first-order chi connectivity index (χ1) is 8.72. The van der Waals surface area contributed by atoms with Crippen LogP contribution in [0.4, 0.5) is 0 Å². The van der Waals surface area contributed by atoms with Crippen LogP contribution in [-0.2, 0) is 16.1 Å². The molecular formula is C13H16N2O3. The van der Waals surface area contributed by atoms with Gasteiger partial charge in [0.15, 0.2) is 0 Å².